The van der Waals surface area contributed by atoms with E-state index >= 15 is 0 Å². The Bertz CT molecular complexity index is 619. The van der Waals surface area contributed by atoms with Crippen molar-refractivity contribution >= 4 is 11.0 Å². The Hall–Kier alpha value is -2.14. The Balaban J connectivity index is 2.03. The molecule has 0 aliphatic carbocycles. The fraction of sp³-hybridized carbons (Fsp3) is 0.167. The van der Waals surface area contributed by atoms with Crippen LogP contribution in [0.2, 0.25) is 0 Å². The summed E-state index contributed by atoms with van der Waals surface area (Å²) in [5.41, 5.74) is 9.03. The number of aryl methyl sites for hydroxylation is 1. The summed E-state index contributed by atoms with van der Waals surface area (Å²) in [5, 5.41) is 4.11. The Morgan fingerprint density at radius 3 is 2.88 bits per heavy atom. The van der Waals surface area contributed by atoms with Crippen LogP contribution in [-0.2, 0) is 7.05 Å². The quantitative estimate of drug-likeness (QED) is 0.694. The summed E-state index contributed by atoms with van der Waals surface area (Å²) in [4.78, 5) is 7.71. The molecule has 86 valence electrons. The highest BCUT2D eigenvalue weighted by molar-refractivity contribution is 5.74. The molecule has 0 fully saturated rings. The molecular formula is C12H13N5. The summed E-state index contributed by atoms with van der Waals surface area (Å²) >= 11 is 0. The first-order valence-electron chi connectivity index (χ1n) is 5.43. The third-order valence-electron chi connectivity index (χ3n) is 2.79. The van der Waals surface area contributed by atoms with Gasteiger partial charge in [-0.15, -0.1) is 0 Å². The molecule has 1 unspecified atom stereocenters. The molecule has 0 aliphatic heterocycles. The fourth-order valence-corrected chi connectivity index (χ4v) is 1.88. The maximum absolute atomic E-state index is 6.15. The van der Waals surface area contributed by atoms with Gasteiger partial charge < -0.3 is 10.7 Å². The number of aromatic nitrogens is 4. The van der Waals surface area contributed by atoms with Gasteiger partial charge in [0.05, 0.1) is 23.3 Å². The number of benzene rings is 1. The Morgan fingerprint density at radius 1 is 1.35 bits per heavy atom. The van der Waals surface area contributed by atoms with Crippen molar-refractivity contribution in [2.45, 2.75) is 6.04 Å². The topological polar surface area (TPSA) is 72.5 Å². The normalized spacial score (nSPS) is 13.1. The van der Waals surface area contributed by atoms with Crippen molar-refractivity contribution in [2.24, 2.45) is 12.8 Å². The van der Waals surface area contributed by atoms with E-state index < -0.39 is 0 Å². The van der Waals surface area contributed by atoms with Gasteiger partial charge in [0.2, 0.25) is 0 Å². The van der Waals surface area contributed by atoms with Gasteiger partial charge in [-0.25, -0.2) is 4.98 Å². The minimum Gasteiger partial charge on any atom is -0.340 e. The summed E-state index contributed by atoms with van der Waals surface area (Å²) in [6.45, 7) is 0. The number of fused-ring (bicyclic) bond motifs is 1. The summed E-state index contributed by atoms with van der Waals surface area (Å²) in [5.74, 6) is 0.763. The Kier molecular flexibility index (Phi) is 2.19. The van der Waals surface area contributed by atoms with Gasteiger partial charge in [0, 0.05) is 18.8 Å². The molecule has 5 heteroatoms. The van der Waals surface area contributed by atoms with Gasteiger partial charge in [0.25, 0.3) is 0 Å². The van der Waals surface area contributed by atoms with Crippen LogP contribution in [0, 0.1) is 0 Å². The number of nitrogens with two attached hydrogens (primary N) is 1. The molecule has 0 radical (unpaired) electrons. The van der Waals surface area contributed by atoms with E-state index in [4.69, 9.17) is 5.73 Å². The highest BCUT2D eigenvalue weighted by Crippen LogP contribution is 2.19. The van der Waals surface area contributed by atoms with Gasteiger partial charge in [-0.1, -0.05) is 12.1 Å². The number of nitrogens with zero attached hydrogens (tertiary/aromatic N) is 3. The molecule has 3 rings (SSSR count). The number of H-pyrrole nitrogens is 1. The average molecular weight is 227 g/mol. The molecule has 0 saturated heterocycles. The van der Waals surface area contributed by atoms with Crippen LogP contribution in [0.5, 0.6) is 0 Å². The minimum absolute atomic E-state index is 0.268. The first-order valence-corrected chi connectivity index (χ1v) is 5.43. The second kappa shape index (κ2) is 3.71. The second-order valence-corrected chi connectivity index (χ2v) is 4.06. The Morgan fingerprint density at radius 2 is 2.18 bits per heavy atom. The van der Waals surface area contributed by atoms with E-state index in [1.54, 1.807) is 10.9 Å². The number of aromatic amines is 1. The predicted octanol–water partition coefficient (Wildman–Crippen LogP) is 1.34. The second-order valence-electron chi connectivity index (χ2n) is 4.06. The van der Waals surface area contributed by atoms with E-state index in [9.17, 15) is 0 Å². The smallest absolute Gasteiger partial charge is 0.128 e. The molecule has 3 aromatic rings. The minimum atomic E-state index is -0.268. The third kappa shape index (κ3) is 1.70. The molecule has 2 heterocycles. The molecule has 0 aliphatic rings. The van der Waals surface area contributed by atoms with Gasteiger partial charge in [-0.3, -0.25) is 4.68 Å². The zero-order valence-corrected chi connectivity index (χ0v) is 9.46. The summed E-state index contributed by atoms with van der Waals surface area (Å²) in [7, 11) is 1.87. The van der Waals surface area contributed by atoms with Crippen LogP contribution in [0.4, 0.5) is 0 Å². The number of hydrogen-bond donors (Lipinski definition) is 2. The molecule has 0 amide bonds. The van der Waals surface area contributed by atoms with Crippen molar-refractivity contribution < 1.29 is 0 Å². The molecule has 1 aromatic carbocycles. The van der Waals surface area contributed by atoms with E-state index in [2.05, 4.69) is 15.1 Å². The first-order chi connectivity index (χ1) is 8.24. The van der Waals surface area contributed by atoms with E-state index in [0.29, 0.717) is 0 Å². The third-order valence-corrected chi connectivity index (χ3v) is 2.79. The van der Waals surface area contributed by atoms with Crippen molar-refractivity contribution in [3.63, 3.8) is 0 Å². The molecule has 17 heavy (non-hydrogen) atoms. The van der Waals surface area contributed by atoms with Gasteiger partial charge in [-0.05, 0) is 12.1 Å². The predicted molar refractivity (Wildman–Crippen MR) is 65.3 cm³/mol. The van der Waals surface area contributed by atoms with E-state index in [-0.39, 0.29) is 6.04 Å². The average Bonchev–Trinajstić information content (AvgIpc) is 2.93. The lowest BCUT2D eigenvalue weighted by atomic mass is 10.2. The number of nitrogens with one attached hydrogen (secondary N) is 1. The highest BCUT2D eigenvalue weighted by Gasteiger charge is 2.14. The summed E-state index contributed by atoms with van der Waals surface area (Å²) in [6, 6.07) is 7.62. The first kappa shape index (κ1) is 10.0. The fourth-order valence-electron chi connectivity index (χ4n) is 1.88. The Labute approximate surface area is 98.3 Å². The maximum Gasteiger partial charge on any atom is 0.128 e. The molecule has 0 saturated carbocycles. The molecule has 0 bridgehead atoms. The van der Waals surface area contributed by atoms with E-state index in [0.717, 1.165) is 22.4 Å². The zero-order valence-electron chi connectivity index (χ0n) is 9.46. The number of hydrogen-bond acceptors (Lipinski definition) is 3. The molecule has 5 nitrogen and oxygen atoms in total. The molecule has 3 N–H and O–H groups in total. The van der Waals surface area contributed by atoms with Gasteiger partial charge >= 0.3 is 0 Å². The summed E-state index contributed by atoms with van der Waals surface area (Å²) < 4.78 is 1.73. The molecule has 1 atom stereocenters. The molecule has 0 spiro atoms. The van der Waals surface area contributed by atoms with Gasteiger partial charge in [0.1, 0.15) is 5.82 Å². The van der Waals surface area contributed by atoms with E-state index in [1.165, 1.54) is 0 Å². The van der Waals surface area contributed by atoms with Crippen LogP contribution >= 0.6 is 0 Å². The van der Waals surface area contributed by atoms with Crippen molar-refractivity contribution in [1.82, 2.24) is 19.7 Å². The SMILES string of the molecule is Cn1cc(C(N)c2nc3ccccc3[nH]2)cn1. The lowest BCUT2D eigenvalue weighted by molar-refractivity contribution is 0.762. The largest absolute Gasteiger partial charge is 0.340 e. The summed E-state index contributed by atoms with van der Waals surface area (Å²) in [6.07, 6.45) is 3.66. The van der Waals surface area contributed by atoms with Crippen LogP contribution in [0.15, 0.2) is 36.7 Å². The van der Waals surface area contributed by atoms with Gasteiger partial charge in [0.15, 0.2) is 0 Å². The van der Waals surface area contributed by atoms with Gasteiger partial charge in [-0.2, -0.15) is 5.10 Å². The highest BCUT2D eigenvalue weighted by atomic mass is 15.2. The number of para-hydroxylation sites is 2. The van der Waals surface area contributed by atoms with Crippen LogP contribution in [0.1, 0.15) is 17.4 Å². The van der Waals surface area contributed by atoms with Crippen molar-refractivity contribution in [2.75, 3.05) is 0 Å². The number of rotatable bonds is 2. The number of imidazole rings is 1. The molecule has 2 aromatic heterocycles. The maximum atomic E-state index is 6.15. The van der Waals surface area contributed by atoms with Crippen LogP contribution in [0.3, 0.4) is 0 Å². The van der Waals surface area contributed by atoms with Crippen LogP contribution in [-0.4, -0.2) is 19.7 Å². The molecular weight excluding hydrogens is 214 g/mol. The van der Waals surface area contributed by atoms with Crippen LogP contribution < -0.4 is 5.73 Å². The van der Waals surface area contributed by atoms with Crippen molar-refractivity contribution in [1.29, 1.82) is 0 Å². The van der Waals surface area contributed by atoms with Crippen LogP contribution in [0.25, 0.3) is 11.0 Å². The zero-order chi connectivity index (χ0) is 11.8. The van der Waals surface area contributed by atoms with Crippen molar-refractivity contribution in [3.8, 4) is 0 Å². The van der Waals surface area contributed by atoms with Crippen molar-refractivity contribution in [3.05, 3.63) is 48.0 Å². The lowest BCUT2D eigenvalue weighted by Crippen LogP contribution is -2.12. The van der Waals surface area contributed by atoms with E-state index in [1.807, 2.05) is 37.5 Å². The standard InChI is InChI=1S/C12H13N5/c1-17-7-8(6-14-17)11(13)12-15-9-4-2-3-5-10(9)16-12/h2-7,11H,13H2,1H3,(H,15,16). The lowest BCUT2D eigenvalue weighted by Gasteiger charge is -2.04. The monoisotopic (exact) mass is 227 g/mol.